The third kappa shape index (κ3) is 4.01. The molecule has 0 amide bonds. The summed E-state index contributed by atoms with van der Waals surface area (Å²) in [5, 5.41) is 3.51. The zero-order valence-electron chi connectivity index (χ0n) is 10.8. The highest BCUT2D eigenvalue weighted by Crippen LogP contribution is 2.23. The highest BCUT2D eigenvalue weighted by Gasteiger charge is 2.11. The summed E-state index contributed by atoms with van der Waals surface area (Å²) in [5.41, 5.74) is 1.43. The van der Waals surface area contributed by atoms with Crippen LogP contribution in [-0.2, 0) is 6.54 Å². The van der Waals surface area contributed by atoms with Crippen LogP contribution in [0.4, 0.5) is 0 Å². The Kier molecular flexibility index (Phi) is 5.61. The standard InChI is InChI=1S/C12H17NS.C2H6/c1-9-3-5-11(7-9)13-8-12-6-4-10(2)14-12;1-2/h4-6,9,13H,3,7-8H2,1-2H3;1-2H3. The molecule has 0 bridgehead atoms. The van der Waals surface area contributed by atoms with Gasteiger partial charge in [-0.15, -0.1) is 11.3 Å². The first-order valence-electron chi connectivity index (χ1n) is 6.22. The van der Waals surface area contributed by atoms with Crippen molar-refractivity contribution >= 4 is 11.3 Å². The smallest absolute Gasteiger partial charge is 0.0491 e. The molecule has 1 aromatic heterocycles. The van der Waals surface area contributed by atoms with E-state index in [4.69, 9.17) is 0 Å². The van der Waals surface area contributed by atoms with Crippen molar-refractivity contribution in [3.05, 3.63) is 33.7 Å². The van der Waals surface area contributed by atoms with E-state index in [2.05, 4.69) is 37.4 Å². The molecule has 0 saturated heterocycles. The Hall–Kier alpha value is -0.760. The van der Waals surface area contributed by atoms with Crippen LogP contribution in [-0.4, -0.2) is 0 Å². The van der Waals surface area contributed by atoms with E-state index in [0.717, 1.165) is 12.5 Å². The minimum Gasteiger partial charge on any atom is -0.384 e. The Labute approximate surface area is 104 Å². The highest BCUT2D eigenvalue weighted by molar-refractivity contribution is 7.11. The molecule has 0 aromatic carbocycles. The molecule has 1 unspecified atom stereocenters. The zero-order chi connectivity index (χ0) is 12.0. The molecule has 1 atom stereocenters. The fourth-order valence-electron chi connectivity index (χ4n) is 1.81. The van der Waals surface area contributed by atoms with Crippen LogP contribution in [0.5, 0.6) is 0 Å². The average molecular weight is 237 g/mol. The molecule has 1 aliphatic carbocycles. The van der Waals surface area contributed by atoms with Crippen LogP contribution < -0.4 is 5.32 Å². The number of hydrogen-bond acceptors (Lipinski definition) is 2. The second kappa shape index (κ2) is 6.74. The summed E-state index contributed by atoms with van der Waals surface area (Å²) in [6, 6.07) is 4.40. The molecule has 0 spiro atoms. The third-order valence-corrected chi connectivity index (χ3v) is 3.62. The molecular formula is C14H23NS. The van der Waals surface area contributed by atoms with Crippen LogP contribution >= 0.6 is 11.3 Å². The SMILES string of the molecule is CC.Cc1ccc(CNC2=CCC(C)C2)s1. The van der Waals surface area contributed by atoms with E-state index in [1.165, 1.54) is 28.3 Å². The van der Waals surface area contributed by atoms with Gasteiger partial charge in [-0.2, -0.15) is 0 Å². The molecule has 2 rings (SSSR count). The predicted molar refractivity (Wildman–Crippen MR) is 73.7 cm³/mol. The van der Waals surface area contributed by atoms with Crippen molar-refractivity contribution in [1.29, 1.82) is 0 Å². The topological polar surface area (TPSA) is 12.0 Å². The van der Waals surface area contributed by atoms with Gasteiger partial charge in [0.1, 0.15) is 0 Å². The predicted octanol–water partition coefficient (Wildman–Crippen LogP) is 4.49. The molecule has 1 aromatic rings. The second-order valence-electron chi connectivity index (χ2n) is 4.14. The van der Waals surface area contributed by atoms with Crippen molar-refractivity contribution in [2.75, 3.05) is 0 Å². The molecule has 1 heterocycles. The van der Waals surface area contributed by atoms with Gasteiger partial charge in [0.25, 0.3) is 0 Å². The van der Waals surface area contributed by atoms with E-state index in [-0.39, 0.29) is 0 Å². The maximum atomic E-state index is 3.51. The van der Waals surface area contributed by atoms with Crippen LogP contribution in [0.1, 0.15) is 43.4 Å². The molecule has 1 aliphatic rings. The monoisotopic (exact) mass is 237 g/mol. The molecular weight excluding hydrogens is 214 g/mol. The molecule has 0 fully saturated rings. The lowest BCUT2D eigenvalue weighted by Crippen LogP contribution is -2.10. The van der Waals surface area contributed by atoms with Gasteiger partial charge in [0.2, 0.25) is 0 Å². The Morgan fingerprint density at radius 1 is 1.38 bits per heavy atom. The van der Waals surface area contributed by atoms with Gasteiger partial charge in [-0.05, 0) is 37.8 Å². The summed E-state index contributed by atoms with van der Waals surface area (Å²) in [6.07, 6.45) is 4.81. The summed E-state index contributed by atoms with van der Waals surface area (Å²) < 4.78 is 0. The van der Waals surface area contributed by atoms with Gasteiger partial charge in [0.05, 0.1) is 0 Å². The molecule has 0 radical (unpaired) electrons. The van der Waals surface area contributed by atoms with Crippen molar-refractivity contribution in [2.24, 2.45) is 5.92 Å². The highest BCUT2D eigenvalue weighted by atomic mass is 32.1. The molecule has 2 heteroatoms. The van der Waals surface area contributed by atoms with E-state index < -0.39 is 0 Å². The Balaban J connectivity index is 0.000000606. The largest absolute Gasteiger partial charge is 0.384 e. The first-order chi connectivity index (χ1) is 7.74. The van der Waals surface area contributed by atoms with Crippen molar-refractivity contribution in [3.8, 4) is 0 Å². The maximum absolute atomic E-state index is 3.51. The van der Waals surface area contributed by atoms with Crippen LogP contribution in [0.2, 0.25) is 0 Å². The minimum absolute atomic E-state index is 0.836. The molecule has 1 nitrogen and oxygen atoms in total. The quantitative estimate of drug-likeness (QED) is 0.817. The van der Waals surface area contributed by atoms with Gasteiger partial charge < -0.3 is 5.32 Å². The van der Waals surface area contributed by atoms with Gasteiger partial charge in [-0.25, -0.2) is 0 Å². The fraction of sp³-hybridized carbons (Fsp3) is 0.571. The first-order valence-corrected chi connectivity index (χ1v) is 7.04. The lowest BCUT2D eigenvalue weighted by molar-refractivity contribution is 0.606. The molecule has 0 aliphatic heterocycles. The van der Waals surface area contributed by atoms with E-state index in [1.807, 2.05) is 25.2 Å². The Bertz CT molecular complexity index is 338. The van der Waals surface area contributed by atoms with Crippen molar-refractivity contribution in [2.45, 2.75) is 47.1 Å². The van der Waals surface area contributed by atoms with Gasteiger partial charge in [0, 0.05) is 22.0 Å². The normalized spacial score (nSPS) is 18.8. The number of nitrogens with one attached hydrogen (secondary N) is 1. The van der Waals surface area contributed by atoms with E-state index in [0.29, 0.717) is 0 Å². The maximum Gasteiger partial charge on any atom is 0.0491 e. The Morgan fingerprint density at radius 2 is 2.12 bits per heavy atom. The third-order valence-electron chi connectivity index (χ3n) is 2.62. The lowest BCUT2D eigenvalue weighted by Gasteiger charge is -2.06. The van der Waals surface area contributed by atoms with Crippen LogP contribution in [0.3, 0.4) is 0 Å². The van der Waals surface area contributed by atoms with Crippen molar-refractivity contribution < 1.29 is 0 Å². The summed E-state index contributed by atoms with van der Waals surface area (Å²) in [5.74, 6) is 0.836. The number of hydrogen-bond donors (Lipinski definition) is 1. The van der Waals surface area contributed by atoms with Crippen molar-refractivity contribution in [3.63, 3.8) is 0 Å². The summed E-state index contributed by atoms with van der Waals surface area (Å²) in [4.78, 5) is 2.83. The van der Waals surface area contributed by atoms with Crippen LogP contribution in [0.15, 0.2) is 23.9 Å². The van der Waals surface area contributed by atoms with Gasteiger partial charge in [-0.1, -0.05) is 26.8 Å². The Morgan fingerprint density at radius 3 is 2.62 bits per heavy atom. The molecule has 1 N–H and O–H groups in total. The van der Waals surface area contributed by atoms with Gasteiger partial charge in [0.15, 0.2) is 0 Å². The van der Waals surface area contributed by atoms with E-state index in [9.17, 15) is 0 Å². The molecule has 90 valence electrons. The molecule has 0 saturated carbocycles. The number of thiophene rings is 1. The average Bonchev–Trinajstić information content (AvgIpc) is 2.88. The lowest BCUT2D eigenvalue weighted by atomic mass is 10.1. The summed E-state index contributed by atoms with van der Waals surface area (Å²) >= 11 is 1.88. The number of aryl methyl sites for hydroxylation is 1. The molecule has 16 heavy (non-hydrogen) atoms. The fourth-order valence-corrected chi connectivity index (χ4v) is 2.64. The second-order valence-corrected chi connectivity index (χ2v) is 5.51. The van der Waals surface area contributed by atoms with Crippen molar-refractivity contribution in [1.82, 2.24) is 5.32 Å². The number of rotatable bonds is 3. The summed E-state index contributed by atoms with van der Waals surface area (Å²) in [6.45, 7) is 9.46. The zero-order valence-corrected chi connectivity index (χ0v) is 11.7. The van der Waals surface area contributed by atoms with Gasteiger partial charge in [-0.3, -0.25) is 0 Å². The van der Waals surface area contributed by atoms with E-state index in [1.54, 1.807) is 0 Å². The minimum atomic E-state index is 0.836. The summed E-state index contributed by atoms with van der Waals surface area (Å²) in [7, 11) is 0. The first kappa shape index (κ1) is 13.3. The van der Waals surface area contributed by atoms with Crippen LogP contribution in [0.25, 0.3) is 0 Å². The van der Waals surface area contributed by atoms with E-state index >= 15 is 0 Å². The van der Waals surface area contributed by atoms with Crippen LogP contribution in [0, 0.1) is 12.8 Å². The van der Waals surface area contributed by atoms with Gasteiger partial charge >= 0.3 is 0 Å². The number of allylic oxidation sites excluding steroid dienone is 2.